The maximum Gasteiger partial charge on any atom is 0.248 e. The highest BCUT2D eigenvalue weighted by Gasteiger charge is 2.15. The number of aryl methyl sites for hydroxylation is 1. The number of carbonyl (C=O) groups excluding carboxylic acids is 1. The van der Waals surface area contributed by atoms with E-state index in [1.807, 2.05) is 37.3 Å². The van der Waals surface area contributed by atoms with Gasteiger partial charge in [-0.15, -0.1) is 0 Å². The number of fused-ring (bicyclic) bond motifs is 1. The summed E-state index contributed by atoms with van der Waals surface area (Å²) >= 11 is 0. The number of carbonyl (C=O) groups is 1. The van der Waals surface area contributed by atoms with Gasteiger partial charge in [-0.25, -0.2) is 13.6 Å². The summed E-state index contributed by atoms with van der Waals surface area (Å²) in [5.74, 6) is 0.146. The fourth-order valence-electron chi connectivity index (χ4n) is 3.69. The van der Waals surface area contributed by atoms with E-state index in [1.54, 1.807) is 32.4 Å². The fourth-order valence-corrected chi connectivity index (χ4v) is 4.25. The van der Waals surface area contributed by atoms with Crippen LogP contribution in [0.25, 0.3) is 27.7 Å². The van der Waals surface area contributed by atoms with Gasteiger partial charge in [-0.05, 0) is 49.2 Å². The summed E-state index contributed by atoms with van der Waals surface area (Å²) in [7, 11) is -2.32. The number of furan rings is 1. The van der Waals surface area contributed by atoms with Crippen molar-refractivity contribution in [1.82, 2.24) is 0 Å². The Morgan fingerprint density at radius 1 is 1.09 bits per heavy atom. The van der Waals surface area contributed by atoms with Crippen LogP contribution in [0.4, 0.5) is 5.69 Å². The molecule has 4 aromatic rings. The first-order valence-corrected chi connectivity index (χ1v) is 12.0. The smallest absolute Gasteiger partial charge is 0.248 e. The molecule has 0 bridgehead atoms. The number of benzene rings is 3. The minimum absolute atomic E-state index is 0.0817. The zero-order valence-corrected chi connectivity index (χ0v) is 19.8. The van der Waals surface area contributed by atoms with Gasteiger partial charge in [-0.3, -0.25) is 4.79 Å². The zero-order valence-electron chi connectivity index (χ0n) is 19.0. The van der Waals surface area contributed by atoms with Gasteiger partial charge in [0.2, 0.25) is 15.9 Å². The van der Waals surface area contributed by atoms with Crippen LogP contribution in [-0.4, -0.2) is 21.4 Å². The lowest BCUT2D eigenvalue weighted by Crippen LogP contribution is -2.13. The SMILES string of the molecule is COc1cc2occ(-c3ccc(C)cc3)c2cc1/C(C)=C/C(=O)Nc1cccc(S(N)(=O)=O)c1. The van der Waals surface area contributed by atoms with Gasteiger partial charge < -0.3 is 14.5 Å². The Hall–Kier alpha value is -3.88. The van der Waals surface area contributed by atoms with Crippen LogP contribution in [0.1, 0.15) is 18.1 Å². The highest BCUT2D eigenvalue weighted by molar-refractivity contribution is 7.89. The molecule has 0 fully saturated rings. The number of nitrogens with one attached hydrogen (secondary N) is 1. The maximum absolute atomic E-state index is 12.7. The molecule has 1 amide bonds. The Kier molecular flexibility index (Phi) is 6.28. The fraction of sp³-hybridized carbons (Fsp3) is 0.115. The summed E-state index contributed by atoms with van der Waals surface area (Å²) in [6.45, 7) is 3.83. The Morgan fingerprint density at radius 3 is 2.50 bits per heavy atom. The van der Waals surface area contributed by atoms with Crippen molar-refractivity contribution in [3.05, 3.63) is 84.1 Å². The Labute approximate surface area is 197 Å². The number of amides is 1. The highest BCUT2D eigenvalue weighted by Crippen LogP contribution is 2.37. The van der Waals surface area contributed by atoms with Crippen molar-refractivity contribution in [2.45, 2.75) is 18.7 Å². The molecule has 0 saturated heterocycles. The normalized spacial score (nSPS) is 12.1. The molecule has 174 valence electrons. The molecule has 8 heteroatoms. The molecular weight excluding hydrogens is 452 g/mol. The van der Waals surface area contributed by atoms with Crippen LogP contribution in [0.2, 0.25) is 0 Å². The number of ether oxygens (including phenoxy) is 1. The average molecular weight is 477 g/mol. The van der Waals surface area contributed by atoms with Crippen LogP contribution in [-0.2, 0) is 14.8 Å². The third kappa shape index (κ3) is 4.88. The number of hydrogen-bond donors (Lipinski definition) is 2. The molecular formula is C26H24N2O5S. The second-order valence-corrected chi connectivity index (χ2v) is 9.51. The lowest BCUT2D eigenvalue weighted by atomic mass is 9.99. The van der Waals surface area contributed by atoms with E-state index in [1.165, 1.54) is 29.8 Å². The largest absolute Gasteiger partial charge is 0.496 e. The lowest BCUT2D eigenvalue weighted by Gasteiger charge is -2.10. The predicted molar refractivity (Wildman–Crippen MR) is 133 cm³/mol. The summed E-state index contributed by atoms with van der Waals surface area (Å²) in [4.78, 5) is 12.6. The highest BCUT2D eigenvalue weighted by atomic mass is 32.2. The number of rotatable bonds is 6. The Balaban J connectivity index is 1.68. The zero-order chi connectivity index (χ0) is 24.5. The Morgan fingerprint density at radius 2 is 1.82 bits per heavy atom. The number of allylic oxidation sites excluding steroid dienone is 1. The molecule has 7 nitrogen and oxygen atoms in total. The van der Waals surface area contributed by atoms with E-state index in [4.69, 9.17) is 14.3 Å². The summed E-state index contributed by atoms with van der Waals surface area (Å²) in [6.07, 6.45) is 3.14. The molecule has 3 aromatic carbocycles. The first-order chi connectivity index (χ1) is 16.2. The second-order valence-electron chi connectivity index (χ2n) is 7.95. The van der Waals surface area contributed by atoms with Crippen molar-refractivity contribution < 1.29 is 22.4 Å². The lowest BCUT2D eigenvalue weighted by molar-refractivity contribution is -0.111. The van der Waals surface area contributed by atoms with Crippen LogP contribution in [0.5, 0.6) is 5.75 Å². The van der Waals surface area contributed by atoms with Crippen molar-refractivity contribution in [3.63, 3.8) is 0 Å². The number of nitrogens with two attached hydrogens (primary N) is 1. The van der Waals surface area contributed by atoms with Gasteiger partial charge in [0.15, 0.2) is 0 Å². The van der Waals surface area contributed by atoms with Crippen molar-refractivity contribution in [3.8, 4) is 16.9 Å². The molecule has 0 radical (unpaired) electrons. The molecule has 1 heterocycles. The predicted octanol–water partition coefficient (Wildman–Crippen LogP) is 5.11. The molecule has 0 unspecified atom stereocenters. The topological polar surface area (TPSA) is 112 Å². The second kappa shape index (κ2) is 9.17. The van der Waals surface area contributed by atoms with Crippen LogP contribution >= 0.6 is 0 Å². The van der Waals surface area contributed by atoms with Gasteiger partial charge >= 0.3 is 0 Å². The molecule has 0 saturated carbocycles. The van der Waals surface area contributed by atoms with Crippen LogP contribution in [0, 0.1) is 6.92 Å². The number of hydrogen-bond acceptors (Lipinski definition) is 5. The molecule has 4 rings (SSSR count). The molecule has 0 aliphatic carbocycles. The number of sulfonamides is 1. The number of primary sulfonamides is 1. The average Bonchev–Trinajstić information content (AvgIpc) is 3.21. The molecule has 0 spiro atoms. The first kappa shape index (κ1) is 23.3. The van der Waals surface area contributed by atoms with E-state index in [0.29, 0.717) is 22.6 Å². The summed E-state index contributed by atoms with van der Waals surface area (Å²) in [5.41, 5.74) is 5.52. The maximum atomic E-state index is 12.7. The third-order valence-electron chi connectivity index (χ3n) is 5.46. The Bertz CT molecular complexity index is 1520. The summed E-state index contributed by atoms with van der Waals surface area (Å²) in [6, 6.07) is 17.7. The van der Waals surface area contributed by atoms with E-state index < -0.39 is 15.9 Å². The summed E-state index contributed by atoms with van der Waals surface area (Å²) in [5, 5.41) is 8.74. The van der Waals surface area contributed by atoms with Crippen molar-refractivity contribution >= 4 is 38.2 Å². The van der Waals surface area contributed by atoms with Crippen molar-refractivity contribution in [2.24, 2.45) is 5.14 Å². The van der Waals surface area contributed by atoms with Gasteiger partial charge in [0, 0.05) is 34.3 Å². The minimum Gasteiger partial charge on any atom is -0.496 e. The molecule has 34 heavy (non-hydrogen) atoms. The van der Waals surface area contributed by atoms with E-state index >= 15 is 0 Å². The van der Waals surface area contributed by atoms with E-state index in [0.717, 1.165) is 22.1 Å². The van der Waals surface area contributed by atoms with E-state index in [9.17, 15) is 13.2 Å². The number of anilines is 1. The van der Waals surface area contributed by atoms with Crippen LogP contribution in [0.15, 0.2) is 82.3 Å². The third-order valence-corrected chi connectivity index (χ3v) is 6.37. The first-order valence-electron chi connectivity index (χ1n) is 10.4. The van der Waals surface area contributed by atoms with E-state index in [2.05, 4.69) is 5.32 Å². The molecule has 0 atom stereocenters. The van der Waals surface area contributed by atoms with Crippen molar-refractivity contribution in [1.29, 1.82) is 0 Å². The molecule has 0 aliphatic rings. The van der Waals surface area contributed by atoms with Crippen LogP contribution in [0.3, 0.4) is 0 Å². The molecule has 3 N–H and O–H groups in total. The number of methoxy groups -OCH3 is 1. The van der Waals surface area contributed by atoms with Crippen LogP contribution < -0.4 is 15.2 Å². The van der Waals surface area contributed by atoms with E-state index in [-0.39, 0.29) is 4.90 Å². The standard InChI is InChI=1S/C26H24N2O5S/c1-16-7-9-18(10-8-16)23-15-33-25-14-24(32-3)21(13-22(23)25)17(2)11-26(29)28-19-5-4-6-20(12-19)34(27,30)31/h4-15H,1-3H3,(H,28,29)(H2,27,30,31)/b17-11+. The monoisotopic (exact) mass is 476 g/mol. The van der Waals surface area contributed by atoms with Gasteiger partial charge in [0.25, 0.3) is 0 Å². The van der Waals surface area contributed by atoms with Gasteiger partial charge in [0.05, 0.1) is 18.3 Å². The van der Waals surface area contributed by atoms with Gasteiger partial charge in [-0.1, -0.05) is 35.9 Å². The van der Waals surface area contributed by atoms with Crippen molar-refractivity contribution in [2.75, 3.05) is 12.4 Å². The molecule has 0 aliphatic heterocycles. The molecule has 1 aromatic heterocycles. The van der Waals surface area contributed by atoms with Gasteiger partial charge in [-0.2, -0.15) is 0 Å². The van der Waals surface area contributed by atoms with Gasteiger partial charge in [0.1, 0.15) is 11.3 Å². The minimum atomic E-state index is -3.87. The summed E-state index contributed by atoms with van der Waals surface area (Å²) < 4.78 is 34.5. The quantitative estimate of drug-likeness (QED) is 0.376.